The van der Waals surface area contributed by atoms with Crippen LogP contribution in [0.15, 0.2) is 18.2 Å². The molecule has 2 N–H and O–H groups in total. The Morgan fingerprint density at radius 1 is 1.15 bits per heavy atom. The number of rotatable bonds is 2. The molecule has 26 heavy (non-hydrogen) atoms. The number of urea groups is 1. The van der Waals surface area contributed by atoms with Crippen molar-refractivity contribution < 1.29 is 9.59 Å². The van der Waals surface area contributed by atoms with E-state index in [1.54, 1.807) is 4.90 Å². The lowest BCUT2D eigenvalue weighted by Crippen LogP contribution is -2.49. The molecule has 2 aliphatic rings. The highest BCUT2D eigenvalue weighted by molar-refractivity contribution is 6.08. The molecule has 2 saturated heterocycles. The van der Waals surface area contributed by atoms with Crippen molar-refractivity contribution in [2.24, 2.45) is 7.05 Å². The monoisotopic (exact) mass is 357 g/mol. The lowest BCUT2D eigenvalue weighted by atomic mass is 9.90. The van der Waals surface area contributed by atoms with Crippen LogP contribution in [-0.2, 0) is 11.8 Å². The third-order valence-electron chi connectivity index (χ3n) is 4.98. The fraction of sp³-hybridized carbons (Fsp3) is 0.526. The van der Waals surface area contributed by atoms with Gasteiger partial charge < -0.3 is 5.32 Å². The maximum atomic E-state index is 12.1. The van der Waals surface area contributed by atoms with Gasteiger partial charge in [-0.15, -0.1) is 0 Å². The van der Waals surface area contributed by atoms with Crippen molar-refractivity contribution in [2.45, 2.75) is 39.0 Å². The number of hydrogen-bond donors (Lipinski definition) is 2. The lowest BCUT2D eigenvalue weighted by molar-refractivity contribution is -0.120. The van der Waals surface area contributed by atoms with Gasteiger partial charge >= 0.3 is 6.03 Å². The van der Waals surface area contributed by atoms with E-state index in [-0.39, 0.29) is 5.91 Å². The number of aromatic nitrogens is 2. The van der Waals surface area contributed by atoms with Crippen molar-refractivity contribution in [3.8, 4) is 0 Å². The second kappa shape index (κ2) is 7.86. The summed E-state index contributed by atoms with van der Waals surface area (Å²) >= 11 is 0. The van der Waals surface area contributed by atoms with E-state index < -0.39 is 6.03 Å². The first kappa shape index (κ1) is 18.4. The number of nitrogens with zero attached hydrogens (tertiary/aromatic N) is 3. The minimum atomic E-state index is -0.395. The van der Waals surface area contributed by atoms with Gasteiger partial charge in [0.05, 0.1) is 5.52 Å². The van der Waals surface area contributed by atoms with Crippen LogP contribution in [0.1, 0.15) is 44.6 Å². The molecule has 3 heterocycles. The predicted octanol–water partition coefficient (Wildman–Crippen LogP) is 2.51. The Morgan fingerprint density at radius 2 is 1.88 bits per heavy atom. The molecule has 0 saturated carbocycles. The van der Waals surface area contributed by atoms with Gasteiger partial charge in [-0.25, -0.2) is 4.79 Å². The number of aryl methyl sites for hydroxylation is 1. The minimum Gasteiger partial charge on any atom is -0.317 e. The van der Waals surface area contributed by atoms with Crippen LogP contribution in [0, 0.1) is 0 Å². The van der Waals surface area contributed by atoms with Gasteiger partial charge in [0.25, 0.3) is 0 Å². The first-order valence-corrected chi connectivity index (χ1v) is 9.42. The van der Waals surface area contributed by atoms with Gasteiger partial charge in [0.2, 0.25) is 5.91 Å². The SMILES string of the molecule is CC.Cn1nc(N2CCC(=O)NC2=O)c2ccc(C3CCNCC3)cc21. The van der Waals surface area contributed by atoms with Gasteiger partial charge in [-0.1, -0.05) is 19.9 Å². The molecule has 0 spiro atoms. The summed E-state index contributed by atoms with van der Waals surface area (Å²) in [5.41, 5.74) is 2.35. The van der Waals surface area contributed by atoms with Gasteiger partial charge in [0.1, 0.15) is 0 Å². The Morgan fingerprint density at radius 3 is 2.58 bits per heavy atom. The fourth-order valence-corrected chi connectivity index (χ4v) is 3.63. The Hall–Kier alpha value is -2.41. The van der Waals surface area contributed by atoms with E-state index in [4.69, 9.17) is 0 Å². The number of benzene rings is 1. The molecule has 0 unspecified atom stereocenters. The first-order chi connectivity index (χ1) is 12.6. The molecule has 0 radical (unpaired) electrons. The van der Waals surface area contributed by atoms with Crippen LogP contribution in [0.3, 0.4) is 0 Å². The van der Waals surface area contributed by atoms with E-state index in [1.807, 2.05) is 25.6 Å². The standard InChI is InChI=1S/C17H21N5O2.C2H6/c1-21-14-10-12(11-4-7-18-8-5-11)2-3-13(14)16(20-21)22-9-6-15(23)19-17(22)24;1-2/h2-3,10-11,18H,4-9H2,1H3,(H,19,23,24);1-2H3. The molecule has 0 atom stereocenters. The quantitative estimate of drug-likeness (QED) is 0.866. The van der Waals surface area contributed by atoms with Gasteiger partial charge in [-0.05, 0) is 49.5 Å². The van der Waals surface area contributed by atoms with Crippen molar-refractivity contribution in [3.63, 3.8) is 0 Å². The van der Waals surface area contributed by atoms with Crippen LogP contribution in [0.5, 0.6) is 0 Å². The normalized spacial score (nSPS) is 18.5. The molecule has 1 aromatic carbocycles. The second-order valence-electron chi connectivity index (χ2n) is 6.50. The number of imide groups is 1. The number of anilines is 1. The van der Waals surface area contributed by atoms with Gasteiger partial charge in [0.15, 0.2) is 5.82 Å². The van der Waals surface area contributed by atoms with Gasteiger partial charge in [-0.3, -0.25) is 19.7 Å². The van der Waals surface area contributed by atoms with Crippen molar-refractivity contribution >= 4 is 28.7 Å². The molecule has 140 valence electrons. The zero-order chi connectivity index (χ0) is 18.7. The van der Waals surface area contributed by atoms with Gasteiger partial charge in [-0.2, -0.15) is 5.10 Å². The summed E-state index contributed by atoms with van der Waals surface area (Å²) in [6.07, 6.45) is 2.59. The molecule has 2 aromatic rings. The first-order valence-electron chi connectivity index (χ1n) is 9.42. The summed E-state index contributed by atoms with van der Waals surface area (Å²) in [4.78, 5) is 25.0. The number of piperidine rings is 1. The molecule has 0 aliphatic carbocycles. The molecule has 2 fully saturated rings. The molecule has 0 bridgehead atoms. The number of hydrogen-bond acceptors (Lipinski definition) is 4. The molecule has 4 rings (SSSR count). The highest BCUT2D eigenvalue weighted by Gasteiger charge is 2.28. The number of carbonyl (C=O) groups excluding carboxylic acids is 2. The van der Waals surface area contributed by atoms with Crippen LogP contribution in [0.25, 0.3) is 10.9 Å². The van der Waals surface area contributed by atoms with Crippen molar-refractivity contribution in [1.82, 2.24) is 20.4 Å². The van der Waals surface area contributed by atoms with Crippen molar-refractivity contribution in [1.29, 1.82) is 0 Å². The Bertz CT molecular complexity index is 808. The maximum absolute atomic E-state index is 12.1. The van der Waals surface area contributed by atoms with Crippen LogP contribution in [0.2, 0.25) is 0 Å². The Labute approximate surface area is 153 Å². The minimum absolute atomic E-state index is 0.232. The van der Waals surface area contributed by atoms with E-state index in [2.05, 4.69) is 33.9 Å². The Kier molecular flexibility index (Phi) is 5.56. The summed E-state index contributed by atoms with van der Waals surface area (Å²) in [5, 5.41) is 11.2. The highest BCUT2D eigenvalue weighted by atomic mass is 16.2. The predicted molar refractivity (Wildman–Crippen MR) is 102 cm³/mol. The van der Waals surface area contributed by atoms with Gasteiger partial charge in [0, 0.05) is 25.4 Å². The van der Waals surface area contributed by atoms with E-state index in [1.165, 1.54) is 5.56 Å². The summed E-state index contributed by atoms with van der Waals surface area (Å²) in [7, 11) is 1.89. The average molecular weight is 357 g/mol. The summed E-state index contributed by atoms with van der Waals surface area (Å²) in [6, 6.07) is 6.00. The fourth-order valence-electron chi connectivity index (χ4n) is 3.63. The lowest BCUT2D eigenvalue weighted by Gasteiger charge is -2.25. The maximum Gasteiger partial charge on any atom is 0.329 e. The van der Waals surface area contributed by atoms with E-state index in [0.717, 1.165) is 36.8 Å². The molecular formula is C19H27N5O2. The number of fused-ring (bicyclic) bond motifs is 1. The molecule has 2 aliphatic heterocycles. The molecular weight excluding hydrogens is 330 g/mol. The summed E-state index contributed by atoms with van der Waals surface area (Å²) in [5.74, 6) is 0.962. The summed E-state index contributed by atoms with van der Waals surface area (Å²) in [6.45, 7) is 6.48. The van der Waals surface area contributed by atoms with Crippen molar-refractivity contribution in [3.05, 3.63) is 23.8 Å². The van der Waals surface area contributed by atoms with E-state index in [9.17, 15) is 9.59 Å². The van der Waals surface area contributed by atoms with E-state index >= 15 is 0 Å². The highest BCUT2D eigenvalue weighted by Crippen LogP contribution is 2.32. The van der Waals surface area contributed by atoms with Crippen LogP contribution in [0.4, 0.5) is 10.6 Å². The topological polar surface area (TPSA) is 79.3 Å². The zero-order valence-corrected chi connectivity index (χ0v) is 15.7. The third-order valence-corrected chi connectivity index (χ3v) is 4.98. The third kappa shape index (κ3) is 3.44. The summed E-state index contributed by atoms with van der Waals surface area (Å²) < 4.78 is 1.82. The number of nitrogens with one attached hydrogen (secondary N) is 2. The number of amides is 3. The van der Waals surface area contributed by atoms with Crippen LogP contribution < -0.4 is 15.5 Å². The smallest absolute Gasteiger partial charge is 0.317 e. The van der Waals surface area contributed by atoms with Crippen LogP contribution in [-0.4, -0.2) is 41.4 Å². The Balaban J connectivity index is 0.000000948. The molecule has 3 amide bonds. The second-order valence-corrected chi connectivity index (χ2v) is 6.50. The molecule has 7 nitrogen and oxygen atoms in total. The molecule has 7 heteroatoms. The van der Waals surface area contributed by atoms with E-state index in [0.29, 0.717) is 24.7 Å². The molecule has 1 aromatic heterocycles. The van der Waals surface area contributed by atoms with Crippen molar-refractivity contribution in [2.75, 3.05) is 24.5 Å². The average Bonchev–Trinajstić information content (AvgIpc) is 3.00. The number of carbonyl (C=O) groups is 2. The largest absolute Gasteiger partial charge is 0.329 e. The zero-order valence-electron chi connectivity index (χ0n) is 15.7. The van der Waals surface area contributed by atoms with Crippen LogP contribution >= 0.6 is 0 Å².